The van der Waals surface area contributed by atoms with Gasteiger partial charge in [-0.1, -0.05) is 47.5 Å². The number of halogens is 2. The van der Waals surface area contributed by atoms with Crippen LogP contribution in [0.5, 0.6) is 5.75 Å². The summed E-state index contributed by atoms with van der Waals surface area (Å²) in [6, 6.07) is 12.5. The Balaban J connectivity index is 1.45. The highest BCUT2D eigenvalue weighted by atomic mass is 35.5. The topological polar surface area (TPSA) is 75.7 Å². The third-order valence-electron chi connectivity index (χ3n) is 4.42. The Morgan fingerprint density at radius 2 is 1.89 bits per heavy atom. The third kappa shape index (κ3) is 5.38. The summed E-state index contributed by atoms with van der Waals surface area (Å²) in [5, 5.41) is 3.32. The number of hydrogen-bond donors (Lipinski definition) is 1. The van der Waals surface area contributed by atoms with E-state index in [1.54, 1.807) is 12.1 Å². The van der Waals surface area contributed by atoms with Crippen molar-refractivity contribution in [3.63, 3.8) is 0 Å². The Kier molecular flexibility index (Phi) is 6.82. The second-order valence-electron chi connectivity index (χ2n) is 6.38. The van der Waals surface area contributed by atoms with Crippen LogP contribution in [0.3, 0.4) is 0 Å². The molecule has 1 aliphatic heterocycles. The Morgan fingerprint density at radius 3 is 2.64 bits per heavy atom. The predicted octanol–water partition coefficient (Wildman–Crippen LogP) is 2.88. The summed E-state index contributed by atoms with van der Waals surface area (Å²) in [6.45, 7) is 0.561. The van der Waals surface area contributed by atoms with Crippen LogP contribution in [0.4, 0.5) is 0 Å². The van der Waals surface area contributed by atoms with E-state index >= 15 is 0 Å². The molecule has 0 radical (unpaired) electrons. The minimum atomic E-state index is -3.46. The van der Waals surface area contributed by atoms with Gasteiger partial charge in [-0.25, -0.2) is 8.42 Å². The van der Waals surface area contributed by atoms with Crippen molar-refractivity contribution in [2.45, 2.75) is 13.0 Å². The van der Waals surface area contributed by atoms with Crippen molar-refractivity contribution in [3.05, 3.63) is 63.6 Å². The molecule has 0 aromatic heterocycles. The summed E-state index contributed by atoms with van der Waals surface area (Å²) in [5.41, 5.74) is 2.20. The number of nitrogens with one attached hydrogen (secondary N) is 1. The van der Waals surface area contributed by atoms with Gasteiger partial charge in [0.25, 0.3) is 5.91 Å². The van der Waals surface area contributed by atoms with Gasteiger partial charge in [0.1, 0.15) is 5.75 Å². The first-order chi connectivity index (χ1) is 13.3. The Hall–Kier alpha value is -1.80. The molecule has 6 nitrogen and oxygen atoms in total. The highest BCUT2D eigenvalue weighted by molar-refractivity contribution is 7.89. The molecule has 1 heterocycles. The van der Waals surface area contributed by atoms with Gasteiger partial charge < -0.3 is 10.1 Å². The van der Waals surface area contributed by atoms with Gasteiger partial charge in [0.2, 0.25) is 10.0 Å². The van der Waals surface area contributed by atoms with Crippen molar-refractivity contribution < 1.29 is 17.9 Å². The van der Waals surface area contributed by atoms with E-state index < -0.39 is 15.9 Å². The van der Waals surface area contributed by atoms with Gasteiger partial charge in [-0.15, -0.1) is 0 Å². The number of carbonyl (C=O) groups excluding carboxylic acids is 1. The van der Waals surface area contributed by atoms with Crippen LogP contribution in [0.15, 0.2) is 42.5 Å². The van der Waals surface area contributed by atoms with Gasteiger partial charge in [0, 0.05) is 24.7 Å². The van der Waals surface area contributed by atoms with Gasteiger partial charge in [0.05, 0.1) is 10.8 Å². The molecule has 2 aromatic rings. The smallest absolute Gasteiger partial charge is 0.257 e. The largest absolute Gasteiger partial charge is 0.482 e. The minimum absolute atomic E-state index is 0.0109. The van der Waals surface area contributed by atoms with Gasteiger partial charge in [-0.3, -0.25) is 4.79 Å². The summed E-state index contributed by atoms with van der Waals surface area (Å²) in [7, 11) is -3.46. The highest BCUT2D eigenvalue weighted by Gasteiger charge is 2.26. The van der Waals surface area contributed by atoms with Crippen molar-refractivity contribution >= 4 is 39.1 Å². The molecule has 1 N–H and O–H groups in total. The second-order valence-corrected chi connectivity index (χ2v) is 9.31. The molecule has 1 aliphatic rings. The number of amides is 1. The van der Waals surface area contributed by atoms with Crippen molar-refractivity contribution in [2.24, 2.45) is 0 Å². The average Bonchev–Trinajstić information content (AvgIpc) is 2.67. The van der Waals surface area contributed by atoms with Gasteiger partial charge in [-0.2, -0.15) is 4.31 Å². The Bertz CT molecular complexity index is 966. The van der Waals surface area contributed by atoms with E-state index in [-0.39, 0.29) is 18.9 Å². The van der Waals surface area contributed by atoms with Crippen molar-refractivity contribution in [1.82, 2.24) is 9.62 Å². The van der Waals surface area contributed by atoms with E-state index in [1.165, 1.54) is 15.9 Å². The molecule has 1 amide bonds. The van der Waals surface area contributed by atoms with Crippen molar-refractivity contribution in [3.8, 4) is 5.75 Å². The molecule has 28 heavy (non-hydrogen) atoms. The molecule has 0 fully saturated rings. The number of hydrogen-bond acceptors (Lipinski definition) is 4. The fraction of sp³-hybridized carbons (Fsp3) is 0.316. The Morgan fingerprint density at radius 1 is 1.14 bits per heavy atom. The molecule has 0 saturated carbocycles. The van der Waals surface area contributed by atoms with Crippen LogP contribution in [0, 0.1) is 0 Å². The first-order valence-electron chi connectivity index (χ1n) is 8.74. The van der Waals surface area contributed by atoms with E-state index in [0.29, 0.717) is 35.3 Å². The fourth-order valence-electron chi connectivity index (χ4n) is 2.94. The number of fused-ring (bicyclic) bond motifs is 1. The van der Waals surface area contributed by atoms with E-state index in [1.807, 2.05) is 24.3 Å². The molecule has 0 unspecified atom stereocenters. The normalized spacial score (nSPS) is 14.4. The first-order valence-corrected chi connectivity index (χ1v) is 11.1. The van der Waals surface area contributed by atoms with Crippen molar-refractivity contribution in [1.29, 1.82) is 0 Å². The lowest BCUT2D eigenvalue weighted by Crippen LogP contribution is -2.41. The molecular formula is C19H20Cl2N2O4S. The maximum Gasteiger partial charge on any atom is 0.257 e. The van der Waals surface area contributed by atoms with Crippen LogP contribution in [0.2, 0.25) is 10.0 Å². The van der Waals surface area contributed by atoms with Crippen LogP contribution in [-0.4, -0.2) is 44.1 Å². The summed E-state index contributed by atoms with van der Waals surface area (Å²) in [5.74, 6) is -0.256. The number of rotatable bonds is 7. The van der Waals surface area contributed by atoms with E-state index in [0.717, 1.165) is 5.56 Å². The summed E-state index contributed by atoms with van der Waals surface area (Å²) in [4.78, 5) is 11.9. The lowest BCUT2D eigenvalue weighted by Gasteiger charge is -2.28. The zero-order valence-corrected chi connectivity index (χ0v) is 17.4. The summed E-state index contributed by atoms with van der Waals surface area (Å²) in [6.07, 6.45) is 0.692. The molecule has 3 rings (SSSR count). The van der Waals surface area contributed by atoms with Crippen LogP contribution >= 0.6 is 23.2 Å². The van der Waals surface area contributed by atoms with Crippen LogP contribution in [0.1, 0.15) is 11.1 Å². The number of benzene rings is 2. The molecule has 0 atom stereocenters. The number of carbonyl (C=O) groups is 1. The highest BCUT2D eigenvalue weighted by Crippen LogP contribution is 2.27. The van der Waals surface area contributed by atoms with Crippen molar-refractivity contribution in [2.75, 3.05) is 25.4 Å². The second kappa shape index (κ2) is 9.13. The lowest BCUT2D eigenvalue weighted by molar-refractivity contribution is -0.122. The van der Waals surface area contributed by atoms with Gasteiger partial charge in [0.15, 0.2) is 6.61 Å². The number of nitrogens with zero attached hydrogens (tertiary/aromatic N) is 1. The van der Waals surface area contributed by atoms with Gasteiger partial charge in [-0.05, 0) is 35.7 Å². The van der Waals surface area contributed by atoms with E-state index in [9.17, 15) is 13.2 Å². The molecule has 0 bridgehead atoms. The van der Waals surface area contributed by atoms with Crippen LogP contribution in [-0.2, 0) is 27.8 Å². The molecule has 0 saturated heterocycles. The maximum atomic E-state index is 12.5. The summed E-state index contributed by atoms with van der Waals surface area (Å²) >= 11 is 11.8. The molecule has 0 aliphatic carbocycles. The third-order valence-corrected chi connectivity index (χ3v) is 6.77. The van der Waals surface area contributed by atoms with Gasteiger partial charge >= 0.3 is 0 Å². The predicted molar refractivity (Wildman–Crippen MR) is 109 cm³/mol. The van der Waals surface area contributed by atoms with E-state index in [4.69, 9.17) is 27.9 Å². The minimum Gasteiger partial charge on any atom is -0.482 e. The maximum absolute atomic E-state index is 12.5. The SMILES string of the molecule is O=C(COc1ccc(Cl)cc1Cl)NCCS(=O)(=O)N1CCc2ccccc2C1. The number of sulfonamides is 1. The molecule has 0 spiro atoms. The quantitative estimate of drug-likeness (QED) is 0.714. The fourth-order valence-corrected chi connectivity index (χ4v) is 4.73. The van der Waals surface area contributed by atoms with Crippen LogP contribution in [0.25, 0.3) is 0 Å². The van der Waals surface area contributed by atoms with Crippen LogP contribution < -0.4 is 10.1 Å². The molecular weight excluding hydrogens is 423 g/mol. The zero-order valence-electron chi connectivity index (χ0n) is 15.0. The molecule has 2 aromatic carbocycles. The monoisotopic (exact) mass is 442 g/mol. The molecule has 9 heteroatoms. The zero-order chi connectivity index (χ0) is 20.1. The standard InChI is InChI=1S/C19H20Cl2N2O4S/c20-16-5-6-18(17(21)11-16)27-13-19(24)22-8-10-28(25,26)23-9-7-14-3-1-2-4-15(14)12-23/h1-6,11H,7-10,12-13H2,(H,22,24). The Labute approximate surface area is 174 Å². The van der Waals surface area contributed by atoms with E-state index in [2.05, 4.69) is 5.32 Å². The lowest BCUT2D eigenvalue weighted by atomic mass is 10.0. The molecule has 150 valence electrons. The summed E-state index contributed by atoms with van der Waals surface area (Å²) < 4.78 is 31.9. The average molecular weight is 443 g/mol. The number of ether oxygens (including phenoxy) is 1. The first kappa shape index (κ1) is 20.9.